The predicted molar refractivity (Wildman–Crippen MR) is 232 cm³/mol. The summed E-state index contributed by atoms with van der Waals surface area (Å²) < 4.78 is 10.3. The third-order valence-corrected chi connectivity index (χ3v) is 9.34. The summed E-state index contributed by atoms with van der Waals surface area (Å²) in [4.78, 5) is 105. The summed E-state index contributed by atoms with van der Waals surface area (Å²) in [5, 5.41) is 10.6. The second-order valence-corrected chi connectivity index (χ2v) is 16.0. The van der Waals surface area contributed by atoms with Crippen molar-refractivity contribution in [3.8, 4) is 0 Å². The van der Waals surface area contributed by atoms with E-state index in [0.29, 0.717) is 12.0 Å². The number of nitrogen functional groups attached to an aromatic ring is 2. The molecule has 4 rings (SSSR count). The van der Waals surface area contributed by atoms with Gasteiger partial charge in [0.1, 0.15) is 17.7 Å². The highest BCUT2D eigenvalue weighted by Crippen LogP contribution is 2.25. The van der Waals surface area contributed by atoms with Crippen molar-refractivity contribution < 1.29 is 43.0 Å². The Morgan fingerprint density at radius 3 is 2.19 bits per heavy atom. The monoisotopic (exact) mass is 890 g/mol. The normalized spacial score (nSPS) is 12.6. The molecule has 0 saturated carbocycles. The highest BCUT2D eigenvalue weighted by Gasteiger charge is 2.29. The molecule has 4 aromatic rings. The summed E-state index contributed by atoms with van der Waals surface area (Å²) in [6.07, 6.45) is 0.955. The zero-order valence-electron chi connectivity index (χ0n) is 35.8. The Hall–Kier alpha value is -7.16. The number of nitrogens with zero attached hydrogens (tertiary/aromatic N) is 4. The van der Waals surface area contributed by atoms with Gasteiger partial charge in [-0.3, -0.25) is 39.6 Å². The molecule has 0 fully saturated rings. The number of halogens is 1. The van der Waals surface area contributed by atoms with E-state index in [4.69, 9.17) is 32.5 Å². The van der Waals surface area contributed by atoms with Crippen LogP contribution in [0.1, 0.15) is 92.3 Å². The van der Waals surface area contributed by atoms with Gasteiger partial charge in [-0.25, -0.2) is 14.8 Å². The number of rotatable bonds is 16. The molecular weight excluding hydrogens is 840 g/mol. The molecule has 0 aliphatic rings. The highest BCUT2D eigenvalue weighted by atomic mass is 35.5. The number of carbonyl (C=O) groups is 7. The van der Waals surface area contributed by atoms with Crippen molar-refractivity contribution in [2.24, 2.45) is 5.92 Å². The number of alkyl carbamates (subject to hydrolysis) is 1. The number of hydrogen-bond donors (Lipinski definition) is 8. The van der Waals surface area contributed by atoms with Crippen LogP contribution in [-0.2, 0) is 35.1 Å². The Morgan fingerprint density at radius 2 is 1.56 bits per heavy atom. The van der Waals surface area contributed by atoms with Crippen molar-refractivity contribution in [3.05, 3.63) is 76.1 Å². The molecule has 0 bridgehead atoms. The Morgan fingerprint density at radius 1 is 0.857 bits per heavy atom. The molecule has 10 N–H and O–H groups in total. The maximum atomic E-state index is 13.0. The van der Waals surface area contributed by atoms with E-state index in [-0.39, 0.29) is 75.8 Å². The minimum atomic E-state index is -1.00. The van der Waals surface area contributed by atoms with Crippen LogP contribution in [0.3, 0.4) is 0 Å². The third kappa shape index (κ3) is 14.2. The lowest BCUT2D eigenvalue weighted by Crippen LogP contribution is -2.54. The summed E-state index contributed by atoms with van der Waals surface area (Å²) in [6.45, 7) is 10.2. The lowest BCUT2D eigenvalue weighted by Gasteiger charge is -2.26. The number of methoxy groups -OCH3 is 1. The number of ether oxygens (including phenoxy) is 2. The summed E-state index contributed by atoms with van der Waals surface area (Å²) in [7, 11) is 1.25. The Bertz CT molecular complexity index is 2360. The van der Waals surface area contributed by atoms with Crippen LogP contribution in [0.2, 0.25) is 5.02 Å². The average Bonchev–Trinajstić information content (AvgIpc) is 3.21. The van der Waals surface area contributed by atoms with Crippen molar-refractivity contribution >= 4 is 81.8 Å². The molecule has 21 nitrogen and oxygen atoms in total. The van der Waals surface area contributed by atoms with Gasteiger partial charge in [-0.2, -0.15) is 9.97 Å². The van der Waals surface area contributed by atoms with E-state index in [1.165, 1.54) is 50.6 Å². The quantitative estimate of drug-likeness (QED) is 0.0456. The first-order valence-electron chi connectivity index (χ1n) is 19.7. The Labute approximate surface area is 367 Å². The summed E-state index contributed by atoms with van der Waals surface area (Å²) in [6, 6.07) is 8.47. The standard InChI is InChI=1S/C41H51ClN12O9/c1-20(2)30(50-40(61)63-41(4,5)6)37(59)47-21(3)34(56)49-24-14-15-27(28(42)17-24)36(58)45-16-8-9-26(38(60)62-7)22-10-12-23(13-11-22)35(57)54-53-29(55)18-25-19-46-33-31(48-25)32(43)51-39(44)52-33/h10-15,17,19-21,26,30H,8-9,16,18H2,1-7H3,(H,45,58)(H,47,59)(H,49,56)(H,50,61)(H,53,55)(H,54,57)(H4,43,44,46,51,52)/t21-,26-,30-/m0/s1. The molecule has 63 heavy (non-hydrogen) atoms. The second kappa shape index (κ2) is 21.6. The third-order valence-electron chi connectivity index (χ3n) is 9.03. The van der Waals surface area contributed by atoms with Crippen LogP contribution in [-0.4, -0.2) is 92.9 Å². The molecule has 0 aliphatic heterocycles. The Balaban J connectivity index is 1.24. The SMILES string of the molecule is COC(=O)[C@@H](CCCNC(=O)c1ccc(NC(=O)[C@H](C)NC(=O)[C@@H](NC(=O)OC(C)(C)C)C(C)C)cc1Cl)c1ccc(C(=O)NNC(=O)Cc2cnc3nc(N)nc(N)c3n2)cc1. The number of hydrazine groups is 1. The molecule has 0 aliphatic carbocycles. The van der Waals surface area contributed by atoms with Crippen molar-refractivity contribution in [2.75, 3.05) is 30.4 Å². The lowest BCUT2D eigenvalue weighted by molar-refractivity contribution is -0.142. The smallest absolute Gasteiger partial charge is 0.408 e. The van der Waals surface area contributed by atoms with Gasteiger partial charge in [0, 0.05) is 17.8 Å². The van der Waals surface area contributed by atoms with Gasteiger partial charge in [0.15, 0.2) is 17.0 Å². The Kier molecular flexibility index (Phi) is 16.6. The van der Waals surface area contributed by atoms with Crippen LogP contribution >= 0.6 is 11.6 Å². The molecule has 22 heteroatoms. The lowest BCUT2D eigenvalue weighted by atomic mass is 9.93. The first-order valence-corrected chi connectivity index (χ1v) is 20.0. The molecule has 336 valence electrons. The maximum absolute atomic E-state index is 13.0. The summed E-state index contributed by atoms with van der Waals surface area (Å²) in [5.74, 6) is -4.47. The number of amides is 6. The van der Waals surface area contributed by atoms with E-state index in [1.54, 1.807) is 46.8 Å². The van der Waals surface area contributed by atoms with Gasteiger partial charge in [0.25, 0.3) is 11.8 Å². The van der Waals surface area contributed by atoms with E-state index in [1.807, 2.05) is 0 Å². The van der Waals surface area contributed by atoms with Gasteiger partial charge in [-0.1, -0.05) is 37.6 Å². The van der Waals surface area contributed by atoms with Gasteiger partial charge in [-0.05, 0) is 82.3 Å². The summed E-state index contributed by atoms with van der Waals surface area (Å²) in [5.41, 5.74) is 17.0. The van der Waals surface area contributed by atoms with Crippen molar-refractivity contribution in [2.45, 2.75) is 84.4 Å². The van der Waals surface area contributed by atoms with E-state index in [2.05, 4.69) is 52.1 Å². The van der Waals surface area contributed by atoms with Gasteiger partial charge in [0.2, 0.25) is 23.7 Å². The molecule has 0 spiro atoms. The van der Waals surface area contributed by atoms with Gasteiger partial charge >= 0.3 is 12.1 Å². The highest BCUT2D eigenvalue weighted by molar-refractivity contribution is 6.34. The van der Waals surface area contributed by atoms with Crippen molar-refractivity contribution in [3.63, 3.8) is 0 Å². The zero-order valence-corrected chi connectivity index (χ0v) is 36.5. The van der Waals surface area contributed by atoms with Crippen LogP contribution in [0.25, 0.3) is 11.2 Å². The first kappa shape index (κ1) is 48.5. The number of aromatic nitrogens is 4. The van der Waals surface area contributed by atoms with Crippen molar-refractivity contribution in [1.29, 1.82) is 0 Å². The van der Waals surface area contributed by atoms with Gasteiger partial charge in [0.05, 0.1) is 41.9 Å². The van der Waals surface area contributed by atoms with Crippen molar-refractivity contribution in [1.82, 2.24) is 46.7 Å². The molecule has 6 amide bonds. The number of nitrogens with two attached hydrogens (primary N) is 2. The first-order chi connectivity index (χ1) is 29.6. The number of anilines is 3. The van der Waals surface area contributed by atoms with Gasteiger partial charge < -0.3 is 42.2 Å². The molecule has 2 aromatic heterocycles. The molecule has 2 aromatic carbocycles. The van der Waals surface area contributed by atoms with E-state index >= 15 is 0 Å². The van der Waals surface area contributed by atoms with E-state index < -0.39 is 65.2 Å². The number of hydrogen-bond acceptors (Lipinski definition) is 15. The molecule has 3 atom stereocenters. The summed E-state index contributed by atoms with van der Waals surface area (Å²) >= 11 is 6.42. The van der Waals surface area contributed by atoms with Crippen LogP contribution in [0.5, 0.6) is 0 Å². The molecule has 0 unspecified atom stereocenters. The van der Waals surface area contributed by atoms with E-state index in [9.17, 15) is 33.6 Å². The van der Waals surface area contributed by atoms with Gasteiger partial charge in [-0.15, -0.1) is 0 Å². The fourth-order valence-electron chi connectivity index (χ4n) is 5.87. The number of fused-ring (bicyclic) bond motifs is 1. The fraction of sp³-hybridized carbons (Fsp3) is 0.390. The number of carbonyl (C=O) groups excluding carboxylic acids is 7. The number of benzene rings is 2. The number of esters is 1. The molecule has 0 radical (unpaired) electrons. The average molecular weight is 891 g/mol. The fourth-order valence-corrected chi connectivity index (χ4v) is 6.14. The second-order valence-electron chi connectivity index (χ2n) is 15.6. The van der Waals surface area contributed by atoms with Crippen LogP contribution < -0.4 is 43.6 Å². The maximum Gasteiger partial charge on any atom is 0.408 e. The molecular formula is C41H51ClN12O9. The predicted octanol–water partition coefficient (Wildman–Crippen LogP) is 2.70. The molecule has 2 heterocycles. The van der Waals surface area contributed by atoms with E-state index in [0.717, 1.165) is 0 Å². The largest absolute Gasteiger partial charge is 0.469 e. The minimum absolute atomic E-state index is 0.00665. The molecule has 0 saturated heterocycles. The topological polar surface area (TPSA) is 314 Å². The van der Waals surface area contributed by atoms with Crippen LogP contribution in [0.4, 0.5) is 22.2 Å². The number of nitrogens with one attached hydrogen (secondary N) is 6. The zero-order chi connectivity index (χ0) is 46.6. The minimum Gasteiger partial charge on any atom is -0.469 e. The van der Waals surface area contributed by atoms with Crippen LogP contribution in [0, 0.1) is 5.92 Å². The van der Waals surface area contributed by atoms with Crippen LogP contribution in [0.15, 0.2) is 48.7 Å².